The second kappa shape index (κ2) is 8.66. The van der Waals surface area contributed by atoms with Gasteiger partial charge in [-0.1, -0.05) is 12.1 Å². The second-order valence-corrected chi connectivity index (χ2v) is 6.56. The monoisotopic (exact) mass is 401 g/mol. The van der Waals surface area contributed by atoms with Crippen molar-refractivity contribution < 1.29 is 19.1 Å². The molecule has 0 atom stereocenters. The number of hydrogen-bond donors (Lipinski definition) is 1. The van der Waals surface area contributed by atoms with Gasteiger partial charge in [0.15, 0.2) is 0 Å². The standard InChI is InChI=1S/C19H19N3O5S/c1-3-26-14-8-6-5-7-13(14)21-15(23)9-22-11-20-17-16(18(22)24)12(10-28-17)19(25)27-4-2/h5-8,10-11H,3-4,9H2,1-2H3,(H,21,23). The van der Waals surface area contributed by atoms with Crippen molar-refractivity contribution in [3.05, 3.63) is 51.9 Å². The second-order valence-electron chi connectivity index (χ2n) is 5.70. The fourth-order valence-electron chi connectivity index (χ4n) is 2.64. The average molecular weight is 401 g/mol. The van der Waals surface area contributed by atoms with Crippen molar-refractivity contribution >= 4 is 39.1 Å². The van der Waals surface area contributed by atoms with Crippen molar-refractivity contribution in [1.82, 2.24) is 9.55 Å². The molecule has 0 spiro atoms. The Balaban J connectivity index is 1.85. The first-order chi connectivity index (χ1) is 13.5. The van der Waals surface area contributed by atoms with E-state index in [1.807, 2.05) is 6.92 Å². The normalized spacial score (nSPS) is 10.6. The van der Waals surface area contributed by atoms with Gasteiger partial charge in [-0.25, -0.2) is 9.78 Å². The molecule has 2 heterocycles. The van der Waals surface area contributed by atoms with Gasteiger partial charge in [-0.05, 0) is 26.0 Å². The third kappa shape index (κ3) is 4.04. The number of anilines is 1. The first-order valence-corrected chi connectivity index (χ1v) is 9.58. The summed E-state index contributed by atoms with van der Waals surface area (Å²) in [5.74, 6) is -0.453. The number of benzene rings is 1. The van der Waals surface area contributed by atoms with E-state index < -0.39 is 17.4 Å². The molecule has 2 aromatic heterocycles. The summed E-state index contributed by atoms with van der Waals surface area (Å²) in [5.41, 5.74) is 0.206. The van der Waals surface area contributed by atoms with Gasteiger partial charge in [-0.3, -0.25) is 14.2 Å². The zero-order chi connectivity index (χ0) is 20.1. The molecular formula is C19H19N3O5S. The number of thiophene rings is 1. The summed E-state index contributed by atoms with van der Waals surface area (Å²) in [7, 11) is 0. The van der Waals surface area contributed by atoms with Gasteiger partial charge < -0.3 is 14.8 Å². The largest absolute Gasteiger partial charge is 0.492 e. The number of fused-ring (bicyclic) bond motifs is 1. The van der Waals surface area contributed by atoms with Gasteiger partial charge in [0, 0.05) is 5.38 Å². The number of rotatable bonds is 7. The fourth-order valence-corrected chi connectivity index (χ4v) is 3.50. The molecule has 0 unspecified atom stereocenters. The minimum atomic E-state index is -0.583. The number of esters is 1. The van der Waals surface area contributed by atoms with Crippen LogP contribution in [0.5, 0.6) is 5.75 Å². The van der Waals surface area contributed by atoms with E-state index >= 15 is 0 Å². The predicted octanol–water partition coefficient (Wildman–Crippen LogP) is 2.67. The van der Waals surface area contributed by atoms with Gasteiger partial charge >= 0.3 is 5.97 Å². The molecule has 0 saturated carbocycles. The Hall–Kier alpha value is -3.20. The lowest BCUT2D eigenvalue weighted by Gasteiger charge is -2.12. The maximum Gasteiger partial charge on any atom is 0.339 e. The number of ether oxygens (including phenoxy) is 2. The van der Waals surface area contributed by atoms with Crippen LogP contribution in [-0.2, 0) is 16.1 Å². The number of nitrogens with one attached hydrogen (secondary N) is 1. The smallest absolute Gasteiger partial charge is 0.339 e. The van der Waals surface area contributed by atoms with Gasteiger partial charge in [-0.2, -0.15) is 0 Å². The van der Waals surface area contributed by atoms with Gasteiger partial charge in [0.1, 0.15) is 17.1 Å². The molecule has 146 valence electrons. The molecular weight excluding hydrogens is 382 g/mol. The van der Waals surface area contributed by atoms with E-state index in [0.29, 0.717) is 22.9 Å². The van der Waals surface area contributed by atoms with E-state index in [1.54, 1.807) is 36.6 Å². The number of amides is 1. The third-order valence-corrected chi connectivity index (χ3v) is 4.72. The molecule has 1 aromatic carbocycles. The van der Waals surface area contributed by atoms with E-state index in [4.69, 9.17) is 9.47 Å². The Morgan fingerprint density at radius 1 is 1.21 bits per heavy atom. The van der Waals surface area contributed by atoms with Crippen molar-refractivity contribution in [2.75, 3.05) is 18.5 Å². The van der Waals surface area contributed by atoms with Crippen LogP contribution in [0, 0.1) is 0 Å². The highest BCUT2D eigenvalue weighted by molar-refractivity contribution is 7.17. The molecule has 0 aliphatic heterocycles. The molecule has 0 fully saturated rings. The van der Waals surface area contributed by atoms with Crippen LogP contribution in [0.4, 0.5) is 5.69 Å². The van der Waals surface area contributed by atoms with Gasteiger partial charge in [0.2, 0.25) is 5.91 Å². The summed E-state index contributed by atoms with van der Waals surface area (Å²) < 4.78 is 11.6. The van der Waals surface area contributed by atoms with Crippen LogP contribution in [0.2, 0.25) is 0 Å². The molecule has 9 heteroatoms. The molecule has 3 aromatic rings. The number of hydrogen-bond acceptors (Lipinski definition) is 7. The highest BCUT2D eigenvalue weighted by atomic mass is 32.1. The van der Waals surface area contributed by atoms with Crippen molar-refractivity contribution in [3.8, 4) is 5.75 Å². The van der Waals surface area contributed by atoms with Crippen LogP contribution in [0.15, 0.2) is 40.8 Å². The lowest BCUT2D eigenvalue weighted by Crippen LogP contribution is -2.28. The first kappa shape index (κ1) is 19.6. The van der Waals surface area contributed by atoms with E-state index in [0.717, 1.165) is 4.57 Å². The van der Waals surface area contributed by atoms with Crippen LogP contribution < -0.4 is 15.6 Å². The van der Waals surface area contributed by atoms with Crippen LogP contribution >= 0.6 is 11.3 Å². The topological polar surface area (TPSA) is 99.5 Å². The van der Waals surface area contributed by atoms with Crippen LogP contribution in [0.25, 0.3) is 10.2 Å². The van der Waals surface area contributed by atoms with Crippen molar-refractivity contribution in [3.63, 3.8) is 0 Å². The van der Waals surface area contributed by atoms with Crippen LogP contribution in [0.1, 0.15) is 24.2 Å². The summed E-state index contributed by atoms with van der Waals surface area (Å²) in [6.07, 6.45) is 1.30. The molecule has 0 bridgehead atoms. The summed E-state index contributed by atoms with van der Waals surface area (Å²) in [5, 5.41) is 4.43. The SMILES string of the molecule is CCOC(=O)c1csc2ncn(CC(=O)Nc3ccccc3OCC)c(=O)c12. The Labute approximate surface area is 164 Å². The molecule has 28 heavy (non-hydrogen) atoms. The number of carbonyl (C=O) groups is 2. The number of carbonyl (C=O) groups excluding carboxylic acids is 2. The number of para-hydroxylation sites is 2. The Bertz CT molecular complexity index is 1070. The zero-order valence-corrected chi connectivity index (χ0v) is 16.2. The van der Waals surface area contributed by atoms with Crippen molar-refractivity contribution in [2.24, 2.45) is 0 Å². The highest BCUT2D eigenvalue weighted by Gasteiger charge is 2.19. The Morgan fingerprint density at radius 3 is 2.75 bits per heavy atom. The minimum Gasteiger partial charge on any atom is -0.492 e. The molecule has 0 aliphatic rings. The number of aromatic nitrogens is 2. The van der Waals surface area contributed by atoms with Gasteiger partial charge in [-0.15, -0.1) is 11.3 Å². The lowest BCUT2D eigenvalue weighted by atomic mass is 10.2. The third-order valence-electron chi connectivity index (χ3n) is 3.83. The van der Waals surface area contributed by atoms with E-state index in [1.165, 1.54) is 17.7 Å². The highest BCUT2D eigenvalue weighted by Crippen LogP contribution is 2.24. The summed E-state index contributed by atoms with van der Waals surface area (Å²) in [6, 6.07) is 7.03. The fraction of sp³-hybridized carbons (Fsp3) is 0.263. The lowest BCUT2D eigenvalue weighted by molar-refractivity contribution is -0.116. The van der Waals surface area contributed by atoms with E-state index in [2.05, 4.69) is 10.3 Å². The van der Waals surface area contributed by atoms with E-state index in [-0.39, 0.29) is 24.1 Å². The quantitative estimate of drug-likeness (QED) is 0.611. The first-order valence-electron chi connectivity index (χ1n) is 8.70. The average Bonchev–Trinajstić information content (AvgIpc) is 3.11. The molecule has 3 rings (SSSR count). The molecule has 0 saturated heterocycles. The Morgan fingerprint density at radius 2 is 2.00 bits per heavy atom. The van der Waals surface area contributed by atoms with Crippen molar-refractivity contribution in [2.45, 2.75) is 20.4 Å². The van der Waals surface area contributed by atoms with E-state index in [9.17, 15) is 14.4 Å². The molecule has 0 radical (unpaired) electrons. The molecule has 1 amide bonds. The maximum absolute atomic E-state index is 12.8. The van der Waals surface area contributed by atoms with Gasteiger partial charge in [0.05, 0.1) is 36.2 Å². The Kier molecular flexibility index (Phi) is 6.05. The molecule has 8 nitrogen and oxygen atoms in total. The summed E-state index contributed by atoms with van der Waals surface area (Å²) in [4.78, 5) is 41.9. The van der Waals surface area contributed by atoms with Crippen LogP contribution in [-0.4, -0.2) is 34.6 Å². The zero-order valence-electron chi connectivity index (χ0n) is 15.4. The molecule has 0 aliphatic carbocycles. The van der Waals surface area contributed by atoms with Crippen molar-refractivity contribution in [1.29, 1.82) is 0 Å². The van der Waals surface area contributed by atoms with Gasteiger partial charge in [0.25, 0.3) is 5.56 Å². The maximum atomic E-state index is 12.8. The summed E-state index contributed by atoms with van der Waals surface area (Å²) >= 11 is 1.18. The number of nitrogens with zero attached hydrogens (tertiary/aromatic N) is 2. The predicted molar refractivity (Wildman–Crippen MR) is 106 cm³/mol. The van der Waals surface area contributed by atoms with Crippen LogP contribution in [0.3, 0.4) is 0 Å². The molecule has 1 N–H and O–H groups in total. The minimum absolute atomic E-state index is 0.161. The summed E-state index contributed by atoms with van der Waals surface area (Å²) in [6.45, 7) is 3.95.